The Bertz CT molecular complexity index is 416. The maximum Gasteiger partial charge on any atom is 0.251 e. The van der Waals surface area contributed by atoms with Crippen molar-refractivity contribution >= 4 is 17.9 Å². The summed E-state index contributed by atoms with van der Waals surface area (Å²) in [5, 5.41) is 8.43. The van der Waals surface area contributed by atoms with Crippen LogP contribution in [0.1, 0.15) is 36.0 Å². The van der Waals surface area contributed by atoms with Gasteiger partial charge in [0.1, 0.15) is 0 Å². The number of benzene rings is 1. The molecule has 1 saturated heterocycles. The smallest absolute Gasteiger partial charge is 0.251 e. The fraction of sp³-hybridized carbons (Fsp3) is 0.533. The van der Waals surface area contributed by atoms with Crippen LogP contribution in [0.25, 0.3) is 0 Å². The Balaban J connectivity index is 1.66. The van der Waals surface area contributed by atoms with E-state index in [4.69, 9.17) is 5.14 Å². The van der Waals surface area contributed by atoms with Crippen LogP contribution in [-0.2, 0) is 0 Å². The number of rotatable bonds is 6. The quantitative estimate of drug-likeness (QED) is 0.624. The van der Waals surface area contributed by atoms with Gasteiger partial charge in [0.15, 0.2) is 0 Å². The van der Waals surface area contributed by atoms with E-state index in [1.807, 2.05) is 24.3 Å². The number of nitrogens with two attached hydrogens (primary N) is 1. The van der Waals surface area contributed by atoms with Gasteiger partial charge in [-0.05, 0) is 75.1 Å². The predicted octanol–water partition coefficient (Wildman–Crippen LogP) is 2.26. The Labute approximate surface area is 125 Å². The number of nitrogens with zero attached hydrogens (tertiary/aromatic N) is 1. The van der Waals surface area contributed by atoms with Crippen molar-refractivity contribution in [2.75, 3.05) is 26.2 Å². The zero-order valence-electron chi connectivity index (χ0n) is 11.8. The molecule has 0 aromatic heterocycles. The first kappa shape index (κ1) is 15.4. The fourth-order valence-electron chi connectivity index (χ4n) is 2.47. The van der Waals surface area contributed by atoms with Gasteiger partial charge in [0.2, 0.25) is 0 Å². The third-order valence-electron chi connectivity index (χ3n) is 3.64. The van der Waals surface area contributed by atoms with E-state index in [2.05, 4.69) is 10.2 Å². The second-order valence-corrected chi connectivity index (χ2v) is 5.86. The lowest BCUT2D eigenvalue weighted by molar-refractivity contribution is 0.0951. The van der Waals surface area contributed by atoms with Crippen molar-refractivity contribution in [3.05, 3.63) is 29.8 Å². The first-order valence-electron chi connectivity index (χ1n) is 7.27. The summed E-state index contributed by atoms with van der Waals surface area (Å²) in [5.41, 5.74) is 0.695. The van der Waals surface area contributed by atoms with Crippen LogP contribution in [0.15, 0.2) is 29.2 Å². The molecule has 3 N–H and O–H groups in total. The number of likely N-dealkylation sites (tertiary alicyclic amines) is 1. The molecule has 1 heterocycles. The molecular formula is C15H23N3OS. The van der Waals surface area contributed by atoms with Gasteiger partial charge in [0, 0.05) is 17.0 Å². The van der Waals surface area contributed by atoms with Crippen molar-refractivity contribution < 1.29 is 4.79 Å². The van der Waals surface area contributed by atoms with Gasteiger partial charge in [-0.1, -0.05) is 6.42 Å². The number of hydrogen-bond acceptors (Lipinski definition) is 4. The molecule has 20 heavy (non-hydrogen) atoms. The molecule has 5 heteroatoms. The first-order chi connectivity index (χ1) is 9.79. The Kier molecular flexibility index (Phi) is 6.36. The van der Waals surface area contributed by atoms with Gasteiger partial charge in [-0.3, -0.25) is 9.93 Å². The first-order valence-corrected chi connectivity index (χ1v) is 8.15. The summed E-state index contributed by atoms with van der Waals surface area (Å²) in [4.78, 5) is 15.4. The Hall–Kier alpha value is -1.04. The number of amides is 1. The van der Waals surface area contributed by atoms with Crippen LogP contribution >= 0.6 is 11.9 Å². The molecule has 1 amide bonds. The van der Waals surface area contributed by atoms with Gasteiger partial charge < -0.3 is 10.2 Å². The van der Waals surface area contributed by atoms with Gasteiger partial charge in [-0.25, -0.2) is 0 Å². The highest BCUT2D eigenvalue weighted by Crippen LogP contribution is 2.12. The van der Waals surface area contributed by atoms with Gasteiger partial charge in [0.05, 0.1) is 0 Å². The van der Waals surface area contributed by atoms with Crippen molar-refractivity contribution in [2.24, 2.45) is 5.14 Å². The van der Waals surface area contributed by atoms with Gasteiger partial charge >= 0.3 is 0 Å². The topological polar surface area (TPSA) is 58.4 Å². The van der Waals surface area contributed by atoms with E-state index in [0.717, 1.165) is 24.4 Å². The average molecular weight is 293 g/mol. The lowest BCUT2D eigenvalue weighted by Crippen LogP contribution is -2.33. The fourth-order valence-corrected chi connectivity index (χ4v) is 2.77. The summed E-state index contributed by atoms with van der Waals surface area (Å²) in [6.45, 7) is 4.25. The molecular weight excluding hydrogens is 270 g/mol. The van der Waals surface area contributed by atoms with Crippen LogP contribution in [-0.4, -0.2) is 37.0 Å². The standard InChI is InChI=1S/C15H23N3OS/c16-20-14-7-5-13(6-8-14)15(19)17-9-4-12-18-10-2-1-3-11-18/h5-8H,1-4,9-12,16H2,(H,17,19). The third-order valence-corrected chi connectivity index (χ3v) is 4.18. The van der Waals surface area contributed by atoms with E-state index < -0.39 is 0 Å². The van der Waals surface area contributed by atoms with Crippen LogP contribution < -0.4 is 10.5 Å². The number of hydrogen-bond donors (Lipinski definition) is 2. The minimum atomic E-state index is -0.00258. The monoisotopic (exact) mass is 293 g/mol. The highest BCUT2D eigenvalue weighted by atomic mass is 32.2. The SMILES string of the molecule is NSc1ccc(C(=O)NCCCN2CCCCC2)cc1. The molecule has 1 aliphatic rings. The van der Waals surface area contributed by atoms with E-state index >= 15 is 0 Å². The lowest BCUT2D eigenvalue weighted by atomic mass is 10.1. The molecule has 2 rings (SSSR count). The van der Waals surface area contributed by atoms with Crippen LogP contribution in [0.5, 0.6) is 0 Å². The lowest BCUT2D eigenvalue weighted by Gasteiger charge is -2.26. The second kappa shape index (κ2) is 8.29. The van der Waals surface area contributed by atoms with E-state index in [9.17, 15) is 4.79 Å². The molecule has 1 aromatic carbocycles. The summed E-state index contributed by atoms with van der Waals surface area (Å²) in [6.07, 6.45) is 5.02. The molecule has 1 aromatic rings. The van der Waals surface area contributed by atoms with Crippen LogP contribution in [0, 0.1) is 0 Å². The zero-order valence-corrected chi connectivity index (χ0v) is 12.6. The molecule has 0 radical (unpaired) electrons. The minimum Gasteiger partial charge on any atom is -0.352 e. The Morgan fingerprint density at radius 2 is 1.90 bits per heavy atom. The van der Waals surface area contributed by atoms with Crippen LogP contribution in [0.3, 0.4) is 0 Å². The molecule has 1 aliphatic heterocycles. The summed E-state index contributed by atoms with van der Waals surface area (Å²) in [7, 11) is 0. The van der Waals surface area contributed by atoms with Crippen molar-refractivity contribution in [1.82, 2.24) is 10.2 Å². The zero-order chi connectivity index (χ0) is 14.2. The Morgan fingerprint density at radius 1 is 1.20 bits per heavy atom. The van der Waals surface area contributed by atoms with E-state index in [-0.39, 0.29) is 5.91 Å². The summed E-state index contributed by atoms with van der Waals surface area (Å²) >= 11 is 1.19. The minimum absolute atomic E-state index is 0.00258. The molecule has 0 bridgehead atoms. The van der Waals surface area contributed by atoms with Crippen molar-refractivity contribution in [1.29, 1.82) is 0 Å². The van der Waals surface area contributed by atoms with E-state index in [1.54, 1.807) is 0 Å². The van der Waals surface area contributed by atoms with E-state index in [0.29, 0.717) is 5.56 Å². The summed E-state index contributed by atoms with van der Waals surface area (Å²) in [6, 6.07) is 7.37. The predicted molar refractivity (Wildman–Crippen MR) is 83.7 cm³/mol. The molecule has 0 spiro atoms. The van der Waals surface area contributed by atoms with Gasteiger partial charge in [-0.2, -0.15) is 0 Å². The van der Waals surface area contributed by atoms with E-state index in [1.165, 1.54) is 44.3 Å². The maximum atomic E-state index is 11.9. The largest absolute Gasteiger partial charge is 0.352 e. The number of piperidine rings is 1. The maximum absolute atomic E-state index is 11.9. The average Bonchev–Trinajstić information content (AvgIpc) is 2.52. The highest BCUT2D eigenvalue weighted by Gasteiger charge is 2.09. The van der Waals surface area contributed by atoms with Crippen molar-refractivity contribution in [3.8, 4) is 0 Å². The molecule has 0 atom stereocenters. The summed E-state index contributed by atoms with van der Waals surface area (Å²) in [5.74, 6) is -0.00258. The van der Waals surface area contributed by atoms with Crippen LogP contribution in [0.2, 0.25) is 0 Å². The number of carbonyl (C=O) groups is 1. The van der Waals surface area contributed by atoms with Crippen molar-refractivity contribution in [2.45, 2.75) is 30.6 Å². The molecule has 0 saturated carbocycles. The molecule has 4 nitrogen and oxygen atoms in total. The Morgan fingerprint density at radius 3 is 2.55 bits per heavy atom. The number of nitrogens with one attached hydrogen (secondary N) is 1. The normalized spacial score (nSPS) is 16.1. The molecule has 0 aliphatic carbocycles. The molecule has 110 valence electrons. The highest BCUT2D eigenvalue weighted by molar-refractivity contribution is 7.97. The third kappa shape index (κ3) is 4.81. The van der Waals surface area contributed by atoms with Crippen LogP contribution in [0.4, 0.5) is 0 Å². The molecule has 0 unspecified atom stereocenters. The van der Waals surface area contributed by atoms with Gasteiger partial charge in [-0.15, -0.1) is 0 Å². The molecule has 1 fully saturated rings. The second-order valence-electron chi connectivity index (χ2n) is 5.15. The van der Waals surface area contributed by atoms with Gasteiger partial charge in [0.25, 0.3) is 5.91 Å². The van der Waals surface area contributed by atoms with Crippen molar-refractivity contribution in [3.63, 3.8) is 0 Å². The number of carbonyl (C=O) groups excluding carboxylic acids is 1. The summed E-state index contributed by atoms with van der Waals surface area (Å²) < 4.78 is 0.